The van der Waals surface area contributed by atoms with Crippen LogP contribution in [0.1, 0.15) is 5.56 Å². The van der Waals surface area contributed by atoms with Crippen LogP contribution in [0.5, 0.6) is 0 Å². The van der Waals surface area contributed by atoms with Gasteiger partial charge in [0.2, 0.25) is 0 Å². The van der Waals surface area contributed by atoms with Crippen LogP contribution in [0.3, 0.4) is 0 Å². The summed E-state index contributed by atoms with van der Waals surface area (Å²) < 4.78 is 36.8. The summed E-state index contributed by atoms with van der Waals surface area (Å²) in [5.74, 6) is -0.962. The molecule has 0 saturated heterocycles. The molecule has 0 aliphatic rings. The van der Waals surface area contributed by atoms with E-state index >= 15 is 0 Å². The van der Waals surface area contributed by atoms with Crippen molar-refractivity contribution in [3.8, 4) is 0 Å². The Bertz CT molecular complexity index is 386. The highest BCUT2D eigenvalue weighted by atomic mass is 19.4. The Labute approximate surface area is 88.9 Å². The van der Waals surface area contributed by atoms with Crippen LogP contribution in [0, 0.1) is 6.92 Å². The summed E-state index contributed by atoms with van der Waals surface area (Å²) in [6.45, 7) is -0.0312. The summed E-state index contributed by atoms with van der Waals surface area (Å²) in [7, 11) is 0. The maximum Gasteiger partial charge on any atom is 0.408 e. The van der Waals surface area contributed by atoms with Gasteiger partial charge in [-0.1, -0.05) is 0 Å². The molecule has 0 aliphatic carbocycles. The van der Waals surface area contributed by atoms with Crippen molar-refractivity contribution in [2.75, 3.05) is 11.9 Å². The lowest BCUT2D eigenvalue weighted by atomic mass is 10.4. The molecule has 5 nitrogen and oxygen atoms in total. The van der Waals surface area contributed by atoms with E-state index in [-0.39, 0.29) is 12.4 Å². The van der Waals surface area contributed by atoms with Crippen molar-refractivity contribution in [2.45, 2.75) is 19.6 Å². The Morgan fingerprint density at radius 3 is 2.75 bits per heavy atom. The van der Waals surface area contributed by atoms with Crippen molar-refractivity contribution >= 4 is 11.8 Å². The summed E-state index contributed by atoms with van der Waals surface area (Å²) in [5.41, 5.74) is 0.463. The highest BCUT2D eigenvalue weighted by molar-refractivity contribution is 5.72. The van der Waals surface area contributed by atoms with Crippen LogP contribution in [-0.4, -0.2) is 33.6 Å². The zero-order valence-electron chi connectivity index (χ0n) is 8.38. The van der Waals surface area contributed by atoms with Crippen molar-refractivity contribution in [2.24, 2.45) is 0 Å². The molecule has 2 N–H and O–H groups in total. The predicted octanol–water partition coefficient (Wildman–Crippen LogP) is 1.25. The van der Waals surface area contributed by atoms with Gasteiger partial charge in [-0.2, -0.15) is 18.3 Å². The molecule has 1 rings (SSSR count). The molecule has 0 atom stereocenters. The van der Waals surface area contributed by atoms with Gasteiger partial charge >= 0.3 is 12.1 Å². The topological polar surface area (TPSA) is 67.2 Å². The lowest BCUT2D eigenvalue weighted by Gasteiger charge is -2.05. The van der Waals surface area contributed by atoms with Crippen molar-refractivity contribution in [1.82, 2.24) is 9.78 Å². The third-order valence-corrected chi connectivity index (χ3v) is 1.69. The molecule has 0 aliphatic heterocycles. The summed E-state index contributed by atoms with van der Waals surface area (Å²) in [6.07, 6.45) is -3.14. The number of hydrogen-bond donors (Lipinski definition) is 2. The first-order chi connectivity index (χ1) is 7.28. The molecule has 1 heterocycles. The number of carboxylic acid groups (broad SMARTS) is 1. The van der Waals surface area contributed by atoms with E-state index in [0.29, 0.717) is 5.56 Å². The molecule has 0 amide bonds. The van der Waals surface area contributed by atoms with Crippen molar-refractivity contribution in [1.29, 1.82) is 0 Å². The average molecular weight is 237 g/mol. The number of aryl methyl sites for hydroxylation is 1. The van der Waals surface area contributed by atoms with E-state index in [1.807, 2.05) is 0 Å². The average Bonchev–Trinajstić information content (AvgIpc) is 2.39. The molecule has 0 unspecified atom stereocenters. The fourth-order valence-electron chi connectivity index (χ4n) is 1.12. The van der Waals surface area contributed by atoms with Crippen LogP contribution in [0.15, 0.2) is 6.20 Å². The zero-order valence-corrected chi connectivity index (χ0v) is 8.38. The number of aliphatic carboxylic acids is 1. The largest absolute Gasteiger partial charge is 0.480 e. The Morgan fingerprint density at radius 2 is 2.25 bits per heavy atom. The van der Waals surface area contributed by atoms with Gasteiger partial charge in [-0.05, 0) is 6.92 Å². The van der Waals surface area contributed by atoms with Gasteiger partial charge in [0.1, 0.15) is 13.1 Å². The summed E-state index contributed by atoms with van der Waals surface area (Å²) in [4.78, 5) is 10.2. The summed E-state index contributed by atoms with van der Waals surface area (Å²) >= 11 is 0. The third kappa shape index (κ3) is 3.79. The number of rotatable bonds is 4. The molecule has 1 aromatic rings. The van der Waals surface area contributed by atoms with Crippen molar-refractivity contribution in [3.05, 3.63) is 11.8 Å². The van der Waals surface area contributed by atoms with E-state index in [1.165, 1.54) is 6.20 Å². The monoisotopic (exact) mass is 237 g/mol. The Hall–Kier alpha value is -1.73. The van der Waals surface area contributed by atoms with E-state index in [1.54, 1.807) is 6.92 Å². The smallest absolute Gasteiger partial charge is 0.408 e. The third-order valence-electron chi connectivity index (χ3n) is 1.69. The molecular formula is C8H10F3N3O2. The molecule has 90 valence electrons. The highest BCUT2D eigenvalue weighted by Gasteiger charge is 2.28. The molecule has 8 heteroatoms. The second-order valence-electron chi connectivity index (χ2n) is 3.22. The van der Waals surface area contributed by atoms with Gasteiger partial charge < -0.3 is 10.4 Å². The maximum atomic E-state index is 12.0. The van der Waals surface area contributed by atoms with Crippen LogP contribution in [0.4, 0.5) is 19.0 Å². The van der Waals surface area contributed by atoms with Crippen molar-refractivity contribution in [3.63, 3.8) is 0 Å². The highest BCUT2D eigenvalue weighted by Crippen LogP contribution is 2.19. The number of nitrogens with zero attached hydrogens (tertiary/aromatic N) is 2. The molecular weight excluding hydrogens is 227 g/mol. The van der Waals surface area contributed by atoms with E-state index in [4.69, 9.17) is 5.11 Å². The van der Waals surface area contributed by atoms with E-state index in [0.717, 1.165) is 4.68 Å². The first-order valence-corrected chi connectivity index (χ1v) is 4.34. The first-order valence-electron chi connectivity index (χ1n) is 4.34. The second kappa shape index (κ2) is 4.42. The number of carboxylic acids is 1. The fraction of sp³-hybridized carbons (Fsp3) is 0.500. The van der Waals surface area contributed by atoms with Crippen LogP contribution in [0.2, 0.25) is 0 Å². The normalized spacial score (nSPS) is 11.5. The van der Waals surface area contributed by atoms with Gasteiger partial charge in [-0.3, -0.25) is 9.48 Å². The van der Waals surface area contributed by atoms with Crippen LogP contribution >= 0.6 is 0 Å². The minimum atomic E-state index is -4.34. The Balaban J connectivity index is 2.70. The number of carbonyl (C=O) groups is 1. The predicted molar refractivity (Wildman–Crippen MR) is 49.1 cm³/mol. The van der Waals surface area contributed by atoms with Gasteiger partial charge in [0.25, 0.3) is 0 Å². The number of nitrogens with one attached hydrogen (secondary N) is 1. The quantitative estimate of drug-likeness (QED) is 0.827. The summed E-state index contributed by atoms with van der Waals surface area (Å²) in [6, 6.07) is 0. The van der Waals surface area contributed by atoms with E-state index in [9.17, 15) is 18.0 Å². The molecule has 0 bridgehead atoms. The molecule has 0 aromatic carbocycles. The number of hydrogen-bond acceptors (Lipinski definition) is 3. The van der Waals surface area contributed by atoms with Gasteiger partial charge in [-0.15, -0.1) is 0 Å². The lowest BCUT2D eigenvalue weighted by Crippen LogP contribution is -2.18. The summed E-state index contributed by atoms with van der Waals surface area (Å²) in [5, 5.41) is 14.4. The number of alkyl halides is 3. The number of anilines is 1. The fourth-order valence-corrected chi connectivity index (χ4v) is 1.12. The standard InChI is InChI=1S/C8H10F3N3O2/c1-5-3-14(4-8(9,10)11)13-7(5)12-2-6(15)16/h3H,2,4H2,1H3,(H,12,13)(H,15,16). The molecule has 0 fully saturated rings. The minimum Gasteiger partial charge on any atom is -0.480 e. The molecule has 0 radical (unpaired) electrons. The van der Waals surface area contributed by atoms with Crippen LogP contribution < -0.4 is 5.32 Å². The lowest BCUT2D eigenvalue weighted by molar-refractivity contribution is -0.142. The molecule has 16 heavy (non-hydrogen) atoms. The molecule has 1 aromatic heterocycles. The first kappa shape index (κ1) is 12.3. The number of aromatic nitrogens is 2. The molecule has 0 spiro atoms. The Morgan fingerprint density at radius 1 is 1.62 bits per heavy atom. The van der Waals surface area contributed by atoms with Gasteiger partial charge in [0.05, 0.1) is 0 Å². The second-order valence-corrected chi connectivity index (χ2v) is 3.22. The Kier molecular flexibility index (Phi) is 3.41. The number of halogens is 3. The van der Waals surface area contributed by atoms with Crippen molar-refractivity contribution < 1.29 is 23.1 Å². The SMILES string of the molecule is Cc1cn(CC(F)(F)F)nc1NCC(=O)O. The minimum absolute atomic E-state index is 0.145. The van der Waals surface area contributed by atoms with Gasteiger partial charge in [0, 0.05) is 11.8 Å². The van der Waals surface area contributed by atoms with Crippen LogP contribution in [-0.2, 0) is 11.3 Å². The zero-order chi connectivity index (χ0) is 12.3. The van der Waals surface area contributed by atoms with Crippen LogP contribution in [0.25, 0.3) is 0 Å². The van der Waals surface area contributed by atoms with Gasteiger partial charge in [0.15, 0.2) is 5.82 Å². The molecule has 0 saturated carbocycles. The van der Waals surface area contributed by atoms with E-state index < -0.39 is 18.7 Å². The maximum absolute atomic E-state index is 12.0. The van der Waals surface area contributed by atoms with E-state index in [2.05, 4.69) is 10.4 Å². The van der Waals surface area contributed by atoms with Gasteiger partial charge in [-0.25, -0.2) is 0 Å².